The molecule has 0 spiro atoms. The summed E-state index contributed by atoms with van der Waals surface area (Å²) in [5.74, 6) is -0.186. The highest BCUT2D eigenvalue weighted by Gasteiger charge is 2.20. The van der Waals surface area contributed by atoms with Crippen molar-refractivity contribution in [2.45, 2.75) is 24.2 Å². The molecule has 0 aromatic heterocycles. The highest BCUT2D eigenvalue weighted by molar-refractivity contribution is 14.1. The van der Waals surface area contributed by atoms with Crippen LogP contribution in [0.4, 0.5) is 0 Å². The van der Waals surface area contributed by atoms with Crippen molar-refractivity contribution in [1.29, 1.82) is 0 Å². The molecule has 0 saturated heterocycles. The molecule has 7 heteroatoms. The molecule has 1 aliphatic rings. The summed E-state index contributed by atoms with van der Waals surface area (Å²) < 4.78 is 33.0. The van der Waals surface area contributed by atoms with Gasteiger partial charge in [-0.3, -0.25) is 4.79 Å². The highest BCUT2D eigenvalue weighted by atomic mass is 127. The summed E-state index contributed by atoms with van der Waals surface area (Å²) in [4.78, 5) is 12.0. The number of ether oxygens (including phenoxy) is 1. The van der Waals surface area contributed by atoms with Gasteiger partial charge >= 0.3 is 0 Å². The number of aryl methyl sites for hydroxylation is 2. The van der Waals surface area contributed by atoms with Gasteiger partial charge in [-0.15, -0.1) is 0 Å². The van der Waals surface area contributed by atoms with E-state index in [9.17, 15) is 13.2 Å². The predicted molar refractivity (Wildman–Crippen MR) is 98.4 cm³/mol. The fraction of sp³-hybridized carbons (Fsp3) is 0.235. The molecule has 0 aliphatic heterocycles. The number of nitrogens with one attached hydrogen (secondary N) is 1. The van der Waals surface area contributed by atoms with E-state index in [-0.39, 0.29) is 11.5 Å². The average molecular weight is 457 g/mol. The number of benzene rings is 2. The number of halogens is 1. The molecule has 1 amide bonds. The molecule has 0 saturated carbocycles. The molecule has 0 heterocycles. The second-order valence-corrected chi connectivity index (χ2v) is 8.48. The minimum absolute atomic E-state index is 0.116. The number of amides is 1. The quantitative estimate of drug-likeness (QED) is 0.701. The molecular weight excluding hydrogens is 441 g/mol. The summed E-state index contributed by atoms with van der Waals surface area (Å²) >= 11 is 2.16. The molecule has 24 heavy (non-hydrogen) atoms. The number of sulfonamides is 1. The SMILES string of the molecule is O=C(COc1ccc(I)cc1)NS(=O)(=O)c1ccc2c(c1)CCC2. The number of hydrogen-bond acceptors (Lipinski definition) is 4. The molecule has 0 radical (unpaired) electrons. The Balaban J connectivity index is 1.63. The number of rotatable bonds is 5. The van der Waals surface area contributed by atoms with Gasteiger partial charge in [-0.25, -0.2) is 13.1 Å². The van der Waals surface area contributed by atoms with Crippen LogP contribution in [-0.2, 0) is 27.7 Å². The van der Waals surface area contributed by atoms with E-state index in [1.807, 2.05) is 18.2 Å². The second-order valence-electron chi connectivity index (χ2n) is 5.56. The van der Waals surface area contributed by atoms with Gasteiger partial charge in [0.05, 0.1) is 4.90 Å². The first-order valence-electron chi connectivity index (χ1n) is 7.50. The summed E-state index contributed by atoms with van der Waals surface area (Å²) in [5.41, 5.74) is 2.22. The third kappa shape index (κ3) is 4.07. The summed E-state index contributed by atoms with van der Waals surface area (Å²) in [6.45, 7) is -0.356. The Kier molecular flexibility index (Phi) is 5.09. The Labute approximate surface area is 154 Å². The summed E-state index contributed by atoms with van der Waals surface area (Å²) in [5, 5.41) is 0. The first-order chi connectivity index (χ1) is 11.4. The van der Waals surface area contributed by atoms with Crippen LogP contribution in [-0.4, -0.2) is 20.9 Å². The molecule has 0 bridgehead atoms. The van der Waals surface area contributed by atoms with Gasteiger partial charge in [0.15, 0.2) is 6.61 Å². The molecule has 2 aromatic carbocycles. The Hall–Kier alpha value is -1.61. The van der Waals surface area contributed by atoms with Gasteiger partial charge in [-0.1, -0.05) is 6.07 Å². The van der Waals surface area contributed by atoms with E-state index in [2.05, 4.69) is 27.3 Å². The lowest BCUT2D eigenvalue weighted by molar-refractivity contribution is -0.121. The van der Waals surface area contributed by atoms with Crippen molar-refractivity contribution in [2.75, 3.05) is 6.61 Å². The standard InChI is InChI=1S/C17H16INO4S/c18-14-5-7-15(8-6-14)23-11-17(20)19-24(21,22)16-9-4-12-2-1-3-13(12)10-16/h4-10H,1-3,11H2,(H,19,20). The predicted octanol–water partition coefficient (Wildman–Crippen LogP) is 2.66. The molecule has 0 atom stereocenters. The zero-order valence-electron chi connectivity index (χ0n) is 12.8. The Bertz CT molecular complexity index is 863. The normalized spacial score (nSPS) is 13.4. The van der Waals surface area contributed by atoms with Gasteiger partial charge in [0.25, 0.3) is 15.9 Å². The first kappa shape index (κ1) is 17.2. The number of carbonyl (C=O) groups is 1. The van der Waals surface area contributed by atoms with Gasteiger partial charge in [0.1, 0.15) is 5.75 Å². The maximum atomic E-state index is 12.3. The number of carbonyl (C=O) groups excluding carboxylic acids is 1. The molecule has 3 rings (SSSR count). The molecule has 1 N–H and O–H groups in total. The second kappa shape index (κ2) is 7.10. The Morgan fingerprint density at radius 3 is 2.54 bits per heavy atom. The third-order valence-electron chi connectivity index (χ3n) is 3.81. The van der Waals surface area contributed by atoms with E-state index >= 15 is 0 Å². The molecule has 126 valence electrons. The van der Waals surface area contributed by atoms with Crippen molar-refractivity contribution >= 4 is 38.5 Å². The molecule has 0 unspecified atom stereocenters. The topological polar surface area (TPSA) is 72.5 Å². The van der Waals surface area contributed by atoms with E-state index in [0.29, 0.717) is 5.75 Å². The fourth-order valence-electron chi connectivity index (χ4n) is 2.63. The Morgan fingerprint density at radius 1 is 1.08 bits per heavy atom. The minimum atomic E-state index is -3.87. The van der Waals surface area contributed by atoms with Gasteiger partial charge < -0.3 is 4.74 Å². The van der Waals surface area contributed by atoms with Crippen molar-refractivity contribution in [1.82, 2.24) is 4.72 Å². The van der Waals surface area contributed by atoms with Crippen LogP contribution in [0.2, 0.25) is 0 Å². The molecule has 5 nitrogen and oxygen atoms in total. The highest BCUT2D eigenvalue weighted by Crippen LogP contribution is 2.24. The summed E-state index contributed by atoms with van der Waals surface area (Å²) in [6, 6.07) is 12.2. The van der Waals surface area contributed by atoms with Crippen LogP contribution in [0.5, 0.6) is 5.75 Å². The van der Waals surface area contributed by atoms with Crippen LogP contribution in [0.1, 0.15) is 17.5 Å². The minimum Gasteiger partial charge on any atom is -0.484 e. The lowest BCUT2D eigenvalue weighted by Crippen LogP contribution is -2.34. The maximum Gasteiger partial charge on any atom is 0.271 e. The van der Waals surface area contributed by atoms with Crippen molar-refractivity contribution in [3.05, 3.63) is 57.2 Å². The smallest absolute Gasteiger partial charge is 0.271 e. The summed E-state index contributed by atoms with van der Waals surface area (Å²) in [6.07, 6.45) is 2.89. The van der Waals surface area contributed by atoms with E-state index in [1.165, 1.54) is 5.56 Å². The molecule has 1 aliphatic carbocycles. The van der Waals surface area contributed by atoms with Crippen molar-refractivity contribution in [3.63, 3.8) is 0 Å². The van der Waals surface area contributed by atoms with E-state index in [1.54, 1.807) is 24.3 Å². The third-order valence-corrected chi connectivity index (χ3v) is 5.90. The molecule has 0 fully saturated rings. The van der Waals surface area contributed by atoms with Crippen molar-refractivity contribution < 1.29 is 17.9 Å². The van der Waals surface area contributed by atoms with Gasteiger partial charge in [0, 0.05) is 3.57 Å². The van der Waals surface area contributed by atoms with Crippen LogP contribution < -0.4 is 9.46 Å². The number of fused-ring (bicyclic) bond motifs is 1. The lowest BCUT2D eigenvalue weighted by atomic mass is 10.1. The van der Waals surface area contributed by atoms with Crippen LogP contribution in [0, 0.1) is 3.57 Å². The van der Waals surface area contributed by atoms with Crippen molar-refractivity contribution in [2.24, 2.45) is 0 Å². The maximum absolute atomic E-state index is 12.3. The van der Waals surface area contributed by atoms with E-state index < -0.39 is 15.9 Å². The number of hydrogen-bond donors (Lipinski definition) is 1. The zero-order chi connectivity index (χ0) is 17.2. The van der Waals surface area contributed by atoms with Gasteiger partial charge in [-0.2, -0.15) is 0 Å². The lowest BCUT2D eigenvalue weighted by Gasteiger charge is -2.10. The molecular formula is C17H16INO4S. The van der Waals surface area contributed by atoms with E-state index in [0.717, 1.165) is 28.4 Å². The van der Waals surface area contributed by atoms with Crippen LogP contribution in [0.15, 0.2) is 47.4 Å². The largest absolute Gasteiger partial charge is 0.484 e. The Morgan fingerprint density at radius 2 is 1.79 bits per heavy atom. The summed E-state index contributed by atoms with van der Waals surface area (Å²) in [7, 11) is -3.87. The van der Waals surface area contributed by atoms with E-state index in [4.69, 9.17) is 4.74 Å². The van der Waals surface area contributed by atoms with Crippen LogP contribution in [0.3, 0.4) is 0 Å². The van der Waals surface area contributed by atoms with Crippen LogP contribution in [0.25, 0.3) is 0 Å². The first-order valence-corrected chi connectivity index (χ1v) is 10.1. The average Bonchev–Trinajstić information content (AvgIpc) is 3.01. The van der Waals surface area contributed by atoms with Crippen molar-refractivity contribution in [3.8, 4) is 5.75 Å². The molecule has 2 aromatic rings. The van der Waals surface area contributed by atoms with Crippen LogP contribution >= 0.6 is 22.6 Å². The monoisotopic (exact) mass is 457 g/mol. The zero-order valence-corrected chi connectivity index (χ0v) is 15.8. The fourth-order valence-corrected chi connectivity index (χ4v) is 4.01. The van der Waals surface area contributed by atoms with Gasteiger partial charge in [-0.05, 0) is 89.4 Å². The van der Waals surface area contributed by atoms with Gasteiger partial charge in [0.2, 0.25) is 0 Å².